The molecular weight excluding hydrogens is 717 g/mol. The molecular formula is C33H30F9N5O5. The molecule has 1 N–H and O–H groups in total. The number of aromatic nitrogens is 2. The van der Waals surface area contributed by atoms with Gasteiger partial charge in [0.15, 0.2) is 5.75 Å². The lowest BCUT2D eigenvalue weighted by Gasteiger charge is -2.44. The number of fused-ring (bicyclic) bond motifs is 1. The number of hydrogen-bond donors (Lipinski definition) is 1. The van der Waals surface area contributed by atoms with Crippen LogP contribution in [-0.2, 0) is 34.6 Å². The Hall–Kier alpha value is -5.28. The number of alkyl halides is 9. The maximum Gasteiger partial charge on any atom is 0.416 e. The second-order valence-electron chi connectivity index (χ2n) is 11.6. The fourth-order valence-corrected chi connectivity index (χ4v) is 5.59. The van der Waals surface area contributed by atoms with Crippen LogP contribution in [0.5, 0.6) is 5.75 Å². The molecule has 0 unspecified atom stereocenters. The number of carbonyl (C=O) groups is 2. The lowest BCUT2D eigenvalue weighted by Crippen LogP contribution is -2.48. The smallest absolute Gasteiger partial charge is 0.416 e. The van der Waals surface area contributed by atoms with Gasteiger partial charge in [0, 0.05) is 19.0 Å². The van der Waals surface area contributed by atoms with Crippen molar-refractivity contribution in [2.24, 2.45) is 0 Å². The van der Waals surface area contributed by atoms with Crippen LogP contribution < -0.4 is 14.5 Å². The minimum Gasteiger partial charge on any atom is -0.490 e. The molecule has 0 fully saturated rings. The summed E-state index contributed by atoms with van der Waals surface area (Å²) in [5, 5.41) is 17.7. The number of halogens is 9. The van der Waals surface area contributed by atoms with Crippen molar-refractivity contribution < 1.29 is 63.7 Å². The van der Waals surface area contributed by atoms with Crippen LogP contribution in [0.3, 0.4) is 0 Å². The zero-order chi connectivity index (χ0) is 38.4. The molecule has 0 saturated heterocycles. The third kappa shape index (κ3) is 9.73. The molecule has 0 radical (unpaired) electrons. The lowest BCUT2D eigenvalue weighted by atomic mass is 9.87. The van der Waals surface area contributed by atoms with Gasteiger partial charge in [-0.15, -0.1) is 0 Å². The van der Waals surface area contributed by atoms with Crippen LogP contribution in [0.15, 0.2) is 48.8 Å². The second kappa shape index (κ2) is 15.9. The van der Waals surface area contributed by atoms with Gasteiger partial charge in [-0.3, -0.25) is 9.69 Å². The average molecular weight is 748 g/mol. The van der Waals surface area contributed by atoms with E-state index in [1.54, 1.807) is 6.92 Å². The average Bonchev–Trinajstić information content (AvgIpc) is 3.07. The van der Waals surface area contributed by atoms with E-state index < -0.39 is 84.5 Å². The van der Waals surface area contributed by atoms with Crippen LogP contribution in [0.1, 0.15) is 72.9 Å². The molecule has 1 amide bonds. The Morgan fingerprint density at radius 2 is 1.56 bits per heavy atom. The molecule has 3 aromatic rings. The summed E-state index contributed by atoms with van der Waals surface area (Å²) in [6, 6.07) is 3.05. The summed E-state index contributed by atoms with van der Waals surface area (Å²) in [5.74, 6) is -1.51. The predicted octanol–water partition coefficient (Wildman–Crippen LogP) is 8.56. The van der Waals surface area contributed by atoms with Gasteiger partial charge in [0.1, 0.15) is 6.61 Å². The molecule has 52 heavy (non-hydrogen) atoms. The summed E-state index contributed by atoms with van der Waals surface area (Å²) in [4.78, 5) is 34.8. The molecule has 1 aliphatic heterocycles. The van der Waals surface area contributed by atoms with Crippen LogP contribution in [0.2, 0.25) is 0 Å². The van der Waals surface area contributed by atoms with Gasteiger partial charge in [-0.25, -0.2) is 14.8 Å². The first kappa shape index (κ1) is 39.5. The Bertz CT molecular complexity index is 1740. The Balaban J connectivity index is 1.90. The van der Waals surface area contributed by atoms with Gasteiger partial charge in [-0.2, -0.15) is 44.8 Å². The van der Waals surface area contributed by atoms with E-state index in [9.17, 15) is 49.1 Å². The molecule has 2 aromatic carbocycles. The second-order valence-corrected chi connectivity index (χ2v) is 11.6. The number of anilines is 2. The minimum absolute atomic E-state index is 0.0603. The fourth-order valence-electron chi connectivity index (χ4n) is 5.59. The van der Waals surface area contributed by atoms with Crippen molar-refractivity contribution in [3.63, 3.8) is 0 Å². The van der Waals surface area contributed by atoms with Gasteiger partial charge < -0.3 is 19.5 Å². The molecule has 0 aliphatic carbocycles. The van der Waals surface area contributed by atoms with E-state index in [0.717, 1.165) is 28.3 Å². The quantitative estimate of drug-likeness (QED) is 0.143. The molecule has 280 valence electrons. The van der Waals surface area contributed by atoms with E-state index in [4.69, 9.17) is 19.8 Å². The number of carbonyl (C=O) groups excluding carboxylic acids is 1. The highest BCUT2D eigenvalue weighted by Crippen LogP contribution is 2.46. The molecule has 1 aromatic heterocycles. The van der Waals surface area contributed by atoms with Crippen LogP contribution >= 0.6 is 0 Å². The number of carboxylic acids is 1. The minimum atomic E-state index is -5.20. The third-order valence-corrected chi connectivity index (χ3v) is 7.99. The molecule has 10 nitrogen and oxygen atoms in total. The van der Waals surface area contributed by atoms with E-state index in [1.807, 2.05) is 6.07 Å². The summed E-state index contributed by atoms with van der Waals surface area (Å²) < 4.78 is 136. The summed E-state index contributed by atoms with van der Waals surface area (Å²) in [6.45, 7) is 0.366. The highest BCUT2D eigenvalue weighted by atomic mass is 19.4. The van der Waals surface area contributed by atoms with Crippen molar-refractivity contribution in [3.05, 3.63) is 76.6 Å². The van der Waals surface area contributed by atoms with Gasteiger partial charge in [0.05, 0.1) is 59.9 Å². The number of rotatable bonds is 12. The van der Waals surface area contributed by atoms with E-state index in [1.165, 1.54) is 0 Å². The van der Waals surface area contributed by atoms with Gasteiger partial charge in [-0.05, 0) is 66.8 Å². The van der Waals surface area contributed by atoms with Crippen LogP contribution in [-0.4, -0.2) is 46.4 Å². The zero-order valence-corrected chi connectivity index (χ0v) is 27.1. The van der Waals surface area contributed by atoms with Crippen molar-refractivity contribution in [1.29, 1.82) is 5.26 Å². The van der Waals surface area contributed by atoms with Crippen molar-refractivity contribution in [2.45, 2.75) is 76.2 Å². The number of hydrogen-bond acceptors (Lipinski definition) is 8. The predicted molar refractivity (Wildman–Crippen MR) is 164 cm³/mol. The summed E-state index contributed by atoms with van der Waals surface area (Å²) in [6.07, 6.45) is -14.3. The number of unbranched alkanes of at least 4 members (excludes halogenated alkanes) is 1. The topological polar surface area (TPSA) is 129 Å². The molecule has 19 heteroatoms. The third-order valence-electron chi connectivity index (χ3n) is 7.99. The molecule has 0 bridgehead atoms. The fraction of sp³-hybridized carbons (Fsp3) is 0.424. The van der Waals surface area contributed by atoms with Gasteiger partial charge in [-0.1, -0.05) is 6.92 Å². The first-order valence-corrected chi connectivity index (χ1v) is 15.6. The molecule has 1 aliphatic rings. The number of benzene rings is 2. The van der Waals surface area contributed by atoms with E-state index in [0.29, 0.717) is 30.7 Å². The van der Waals surface area contributed by atoms with Crippen molar-refractivity contribution >= 4 is 23.7 Å². The largest absolute Gasteiger partial charge is 0.490 e. The Kier molecular flexibility index (Phi) is 12.1. The molecule has 2 heterocycles. The number of nitrogens with zero attached hydrogens (tertiary/aromatic N) is 5. The highest BCUT2D eigenvalue weighted by molar-refractivity contribution is 5.90. The number of amides is 1. The van der Waals surface area contributed by atoms with Crippen LogP contribution in [0.25, 0.3) is 0 Å². The number of nitriles is 1. The maximum absolute atomic E-state index is 14.1. The summed E-state index contributed by atoms with van der Waals surface area (Å²) in [5.41, 5.74) is -5.28. The van der Waals surface area contributed by atoms with Crippen LogP contribution in [0, 0.1) is 11.3 Å². The van der Waals surface area contributed by atoms with Crippen molar-refractivity contribution in [3.8, 4) is 11.8 Å². The summed E-state index contributed by atoms with van der Waals surface area (Å²) >= 11 is 0. The standard InChI is InChI=1S/C33H30F9N5O5/c1-2-23-15-27(25-14-20(31(34,35)36)5-6-26(25)47(23)30(50)52-10-7-28(48)49)46(29-44-16-24(17-45-29)51-9-4-3-8-43)18-19-11-21(32(37,38)39)13-22(12-19)33(40,41)42/h5-6,11-14,16-17,23,27H,2-4,7,9-10,15,18H2,1H3,(H,48,49)/t23-,27+/m1/s1. The molecule has 2 atom stereocenters. The Labute approximate surface area is 290 Å². The molecule has 4 rings (SSSR count). The van der Waals surface area contributed by atoms with E-state index in [2.05, 4.69) is 9.97 Å². The SMILES string of the molecule is CC[C@@H]1C[C@H](N(Cc2cc(C(F)(F)F)cc(C(F)(F)F)c2)c2ncc(OCCCC#N)cn2)c2cc(C(F)(F)F)ccc2N1C(=O)OCCC(=O)O. The first-order valence-electron chi connectivity index (χ1n) is 15.6. The van der Waals surface area contributed by atoms with Gasteiger partial charge >= 0.3 is 30.6 Å². The molecule has 0 spiro atoms. The monoisotopic (exact) mass is 747 g/mol. The van der Waals surface area contributed by atoms with E-state index >= 15 is 0 Å². The highest BCUT2D eigenvalue weighted by Gasteiger charge is 2.43. The number of aliphatic carboxylic acids is 1. The number of ether oxygens (including phenoxy) is 2. The Morgan fingerprint density at radius 3 is 2.10 bits per heavy atom. The van der Waals surface area contributed by atoms with Crippen molar-refractivity contribution in [2.75, 3.05) is 23.0 Å². The summed E-state index contributed by atoms with van der Waals surface area (Å²) in [7, 11) is 0. The normalized spacial score (nSPS) is 16.1. The molecule has 0 saturated carbocycles. The number of carboxylic acid groups (broad SMARTS) is 1. The first-order chi connectivity index (χ1) is 24.3. The Morgan fingerprint density at radius 1 is 0.942 bits per heavy atom. The van der Waals surface area contributed by atoms with E-state index in [-0.39, 0.29) is 54.9 Å². The zero-order valence-electron chi connectivity index (χ0n) is 27.1. The van der Waals surface area contributed by atoms with Crippen LogP contribution in [0.4, 0.5) is 55.9 Å². The van der Waals surface area contributed by atoms with Crippen molar-refractivity contribution in [1.82, 2.24) is 9.97 Å². The van der Waals surface area contributed by atoms with Gasteiger partial charge in [0.25, 0.3) is 0 Å². The maximum atomic E-state index is 14.1. The lowest BCUT2D eigenvalue weighted by molar-refractivity contribution is -0.143. The van der Waals surface area contributed by atoms with Gasteiger partial charge in [0.2, 0.25) is 5.95 Å².